The van der Waals surface area contributed by atoms with Gasteiger partial charge in [-0.05, 0) is 32.1 Å². The number of carbonyl (C=O) groups is 1. The van der Waals surface area contributed by atoms with Crippen LogP contribution in [0.2, 0.25) is 0 Å². The van der Waals surface area contributed by atoms with Gasteiger partial charge in [-0.25, -0.2) is 0 Å². The van der Waals surface area contributed by atoms with E-state index in [0.29, 0.717) is 6.54 Å². The highest BCUT2D eigenvalue weighted by Gasteiger charge is 2.13. The summed E-state index contributed by atoms with van der Waals surface area (Å²) in [6, 6.07) is 0. The Kier molecular flexibility index (Phi) is 5.68. The lowest BCUT2D eigenvalue weighted by molar-refractivity contribution is -0.122. The van der Waals surface area contributed by atoms with Crippen LogP contribution in [0.3, 0.4) is 0 Å². The minimum Gasteiger partial charge on any atom is -0.355 e. The van der Waals surface area contributed by atoms with E-state index in [-0.39, 0.29) is 5.91 Å². The van der Waals surface area contributed by atoms with E-state index >= 15 is 0 Å². The second-order valence-corrected chi connectivity index (χ2v) is 5.23. The summed E-state index contributed by atoms with van der Waals surface area (Å²) in [5.74, 6) is 0.174. The van der Waals surface area contributed by atoms with Gasteiger partial charge in [0.2, 0.25) is 5.91 Å². The molecule has 0 unspecified atom stereocenters. The van der Waals surface area contributed by atoms with E-state index in [1.54, 1.807) is 0 Å². The normalized spacial score (nSPS) is 21.4. The minimum atomic E-state index is 0.174. The summed E-state index contributed by atoms with van der Waals surface area (Å²) in [5, 5.41) is 6.33. The molecule has 0 aromatic heterocycles. The standard InChI is InChI=1S/C14H25N3O/c18-14(12-17-10-8-15-9-11-17)16-7-6-13-4-2-1-3-5-13/h4,15H,1-3,5-12H2,(H,16,18). The fourth-order valence-corrected chi connectivity index (χ4v) is 2.62. The summed E-state index contributed by atoms with van der Waals surface area (Å²) in [6.07, 6.45) is 8.50. The molecule has 0 saturated carbocycles. The van der Waals surface area contributed by atoms with Crippen molar-refractivity contribution in [1.82, 2.24) is 15.5 Å². The summed E-state index contributed by atoms with van der Waals surface area (Å²) >= 11 is 0. The van der Waals surface area contributed by atoms with Crippen molar-refractivity contribution >= 4 is 5.91 Å². The number of hydrogen-bond acceptors (Lipinski definition) is 3. The average Bonchev–Trinajstić information content (AvgIpc) is 2.41. The molecule has 102 valence electrons. The molecule has 1 heterocycles. The lowest BCUT2D eigenvalue weighted by Gasteiger charge is -2.26. The second kappa shape index (κ2) is 7.54. The second-order valence-electron chi connectivity index (χ2n) is 5.23. The van der Waals surface area contributed by atoms with Gasteiger partial charge in [0.05, 0.1) is 6.54 Å². The predicted octanol–water partition coefficient (Wildman–Crippen LogP) is 0.898. The number of rotatable bonds is 5. The molecule has 0 spiro atoms. The Bertz CT molecular complexity index is 295. The molecule has 1 aliphatic carbocycles. The van der Waals surface area contributed by atoms with Crippen LogP contribution in [0.1, 0.15) is 32.1 Å². The van der Waals surface area contributed by atoms with Crippen molar-refractivity contribution < 1.29 is 4.79 Å². The first-order valence-corrected chi connectivity index (χ1v) is 7.22. The molecule has 2 rings (SSSR count). The van der Waals surface area contributed by atoms with Crippen LogP contribution in [0.5, 0.6) is 0 Å². The molecule has 1 saturated heterocycles. The van der Waals surface area contributed by atoms with Crippen LogP contribution in [0.4, 0.5) is 0 Å². The summed E-state index contributed by atoms with van der Waals surface area (Å²) in [6.45, 7) is 5.33. The SMILES string of the molecule is O=C(CN1CCNCC1)NCCC1=CCCCC1. The molecule has 1 aliphatic heterocycles. The third-order valence-corrected chi connectivity index (χ3v) is 3.73. The number of allylic oxidation sites excluding steroid dienone is 1. The summed E-state index contributed by atoms with van der Waals surface area (Å²) in [5.41, 5.74) is 1.53. The van der Waals surface area contributed by atoms with E-state index in [1.807, 2.05) is 0 Å². The Morgan fingerprint density at radius 2 is 2.17 bits per heavy atom. The molecule has 0 atom stereocenters. The molecule has 0 bridgehead atoms. The van der Waals surface area contributed by atoms with Crippen molar-refractivity contribution in [3.05, 3.63) is 11.6 Å². The zero-order valence-electron chi connectivity index (χ0n) is 11.2. The maximum Gasteiger partial charge on any atom is 0.234 e. The van der Waals surface area contributed by atoms with Crippen molar-refractivity contribution in [2.24, 2.45) is 0 Å². The lowest BCUT2D eigenvalue weighted by atomic mass is 9.97. The van der Waals surface area contributed by atoms with Crippen molar-refractivity contribution in [1.29, 1.82) is 0 Å². The average molecular weight is 251 g/mol. The van der Waals surface area contributed by atoms with Crippen LogP contribution in [0, 0.1) is 0 Å². The zero-order valence-corrected chi connectivity index (χ0v) is 11.2. The van der Waals surface area contributed by atoms with Gasteiger partial charge in [-0.15, -0.1) is 0 Å². The fraction of sp³-hybridized carbons (Fsp3) is 0.786. The molecular weight excluding hydrogens is 226 g/mol. The summed E-state index contributed by atoms with van der Waals surface area (Å²) in [7, 11) is 0. The molecule has 18 heavy (non-hydrogen) atoms. The Morgan fingerprint density at radius 3 is 2.89 bits per heavy atom. The van der Waals surface area contributed by atoms with Crippen molar-refractivity contribution in [3.63, 3.8) is 0 Å². The molecule has 1 fully saturated rings. The lowest BCUT2D eigenvalue weighted by Crippen LogP contribution is -2.47. The van der Waals surface area contributed by atoms with Crippen LogP contribution >= 0.6 is 0 Å². The number of piperazine rings is 1. The monoisotopic (exact) mass is 251 g/mol. The summed E-state index contributed by atoms with van der Waals surface area (Å²) in [4.78, 5) is 14.0. The Labute approximate surface area is 110 Å². The predicted molar refractivity (Wildman–Crippen MR) is 73.5 cm³/mol. The smallest absolute Gasteiger partial charge is 0.234 e. The molecule has 0 aromatic carbocycles. The molecule has 1 amide bonds. The van der Waals surface area contributed by atoms with E-state index < -0.39 is 0 Å². The van der Waals surface area contributed by atoms with E-state index in [9.17, 15) is 4.79 Å². The summed E-state index contributed by atoms with van der Waals surface area (Å²) < 4.78 is 0. The number of carbonyl (C=O) groups excluding carboxylic acids is 1. The van der Waals surface area contributed by atoms with Crippen LogP contribution in [0.15, 0.2) is 11.6 Å². The van der Waals surface area contributed by atoms with E-state index in [0.717, 1.165) is 39.1 Å². The molecule has 2 aliphatic rings. The number of hydrogen-bond donors (Lipinski definition) is 2. The molecule has 0 aromatic rings. The maximum atomic E-state index is 11.8. The van der Waals surface area contributed by atoms with Crippen molar-refractivity contribution in [3.8, 4) is 0 Å². The number of amides is 1. The highest BCUT2D eigenvalue weighted by atomic mass is 16.2. The molecular formula is C14H25N3O. The minimum absolute atomic E-state index is 0.174. The first-order valence-electron chi connectivity index (χ1n) is 7.22. The quantitative estimate of drug-likeness (QED) is 0.714. The fourth-order valence-electron chi connectivity index (χ4n) is 2.62. The van der Waals surface area contributed by atoms with Gasteiger partial charge in [0, 0.05) is 32.7 Å². The Balaban J connectivity index is 1.57. The molecule has 4 heteroatoms. The highest BCUT2D eigenvalue weighted by molar-refractivity contribution is 5.78. The first-order chi connectivity index (χ1) is 8.84. The van der Waals surface area contributed by atoms with Gasteiger partial charge >= 0.3 is 0 Å². The number of nitrogens with one attached hydrogen (secondary N) is 2. The van der Waals surface area contributed by atoms with E-state index in [2.05, 4.69) is 21.6 Å². The largest absolute Gasteiger partial charge is 0.355 e. The van der Waals surface area contributed by atoms with Gasteiger partial charge < -0.3 is 10.6 Å². The maximum absolute atomic E-state index is 11.8. The molecule has 4 nitrogen and oxygen atoms in total. The molecule has 0 radical (unpaired) electrons. The van der Waals surface area contributed by atoms with Crippen LogP contribution in [0.25, 0.3) is 0 Å². The Morgan fingerprint density at radius 1 is 1.33 bits per heavy atom. The van der Waals surface area contributed by atoms with Gasteiger partial charge in [0.1, 0.15) is 0 Å². The third-order valence-electron chi connectivity index (χ3n) is 3.73. The van der Waals surface area contributed by atoms with E-state index in [4.69, 9.17) is 0 Å². The van der Waals surface area contributed by atoms with Crippen LogP contribution < -0.4 is 10.6 Å². The highest BCUT2D eigenvalue weighted by Crippen LogP contribution is 2.19. The van der Waals surface area contributed by atoms with Crippen molar-refractivity contribution in [2.45, 2.75) is 32.1 Å². The van der Waals surface area contributed by atoms with Gasteiger partial charge in [-0.3, -0.25) is 9.69 Å². The van der Waals surface area contributed by atoms with Crippen molar-refractivity contribution in [2.75, 3.05) is 39.3 Å². The van der Waals surface area contributed by atoms with Crippen LogP contribution in [-0.2, 0) is 4.79 Å². The topological polar surface area (TPSA) is 44.4 Å². The first kappa shape index (κ1) is 13.6. The van der Waals surface area contributed by atoms with Gasteiger partial charge in [-0.1, -0.05) is 11.6 Å². The molecule has 2 N–H and O–H groups in total. The van der Waals surface area contributed by atoms with Gasteiger partial charge in [-0.2, -0.15) is 0 Å². The number of nitrogens with zero attached hydrogens (tertiary/aromatic N) is 1. The van der Waals surface area contributed by atoms with Gasteiger partial charge in [0.15, 0.2) is 0 Å². The zero-order chi connectivity index (χ0) is 12.6. The Hall–Kier alpha value is -0.870. The van der Waals surface area contributed by atoms with Gasteiger partial charge in [0.25, 0.3) is 0 Å². The van der Waals surface area contributed by atoms with E-state index in [1.165, 1.54) is 31.3 Å². The third kappa shape index (κ3) is 4.78. The van der Waals surface area contributed by atoms with Crippen LogP contribution in [-0.4, -0.2) is 50.1 Å².